The molecule has 0 unspecified atom stereocenters. The van der Waals surface area contributed by atoms with E-state index >= 15 is 0 Å². The summed E-state index contributed by atoms with van der Waals surface area (Å²) in [4.78, 5) is 15.7. The van der Waals surface area contributed by atoms with Gasteiger partial charge in [0.15, 0.2) is 11.6 Å². The minimum absolute atomic E-state index is 0. The number of nitrogens with one attached hydrogen (secondary N) is 1. The van der Waals surface area contributed by atoms with Gasteiger partial charge in [-0.05, 0) is 81.0 Å². The van der Waals surface area contributed by atoms with Crippen LogP contribution >= 0.6 is 23.9 Å². The van der Waals surface area contributed by atoms with Crippen LogP contribution in [0.5, 0.6) is 5.75 Å². The van der Waals surface area contributed by atoms with E-state index in [1.165, 1.54) is 17.6 Å². The lowest BCUT2D eigenvalue weighted by Gasteiger charge is -2.49. The molecule has 1 fully saturated rings. The molecule has 0 aliphatic carbocycles. The second-order valence-electron chi connectivity index (χ2n) is 9.28. The molecule has 2 aromatic carbocycles. The fraction of sp³-hybridized carbons (Fsp3) is 0.391. The first-order chi connectivity index (χ1) is 14.0. The number of hydrogen-bond donors (Lipinski definition) is 2. The maximum atomic E-state index is 14.3. The smallest absolute Gasteiger partial charge is 0.255 e. The summed E-state index contributed by atoms with van der Waals surface area (Å²) in [6.07, 6.45) is 1.74. The minimum Gasteiger partial charge on any atom is -0.505 e. The highest BCUT2D eigenvalue weighted by molar-refractivity contribution is 7.13. The molecule has 2 heterocycles. The zero-order valence-electron chi connectivity index (χ0n) is 18.2. The van der Waals surface area contributed by atoms with Gasteiger partial charge in [-0.2, -0.15) is 4.37 Å². The highest BCUT2D eigenvalue weighted by atomic mass is 35.5. The number of phenols is 1. The Morgan fingerprint density at radius 1 is 1.26 bits per heavy atom. The van der Waals surface area contributed by atoms with Gasteiger partial charge in [-0.3, -0.25) is 4.79 Å². The van der Waals surface area contributed by atoms with Crippen molar-refractivity contribution in [2.45, 2.75) is 45.7 Å². The lowest BCUT2D eigenvalue weighted by atomic mass is 9.90. The third-order valence-electron chi connectivity index (χ3n) is 5.89. The van der Waals surface area contributed by atoms with Crippen LogP contribution in [0.1, 0.15) is 43.6 Å². The number of benzene rings is 2. The van der Waals surface area contributed by atoms with Crippen molar-refractivity contribution >= 4 is 39.9 Å². The zero-order chi connectivity index (χ0) is 21.8. The summed E-state index contributed by atoms with van der Waals surface area (Å²) in [6, 6.07) is 6.77. The molecule has 0 saturated carbocycles. The van der Waals surface area contributed by atoms with Gasteiger partial charge < -0.3 is 15.3 Å². The van der Waals surface area contributed by atoms with Crippen LogP contribution in [0.25, 0.3) is 21.2 Å². The SMILES string of the molecule is Cc1c(-c2cc(C(=O)N3CC(C)(C)NCC3(C)C)c3sncc3c2)ccc(O)c1F.Cl. The summed E-state index contributed by atoms with van der Waals surface area (Å²) in [5.41, 5.74) is 1.76. The van der Waals surface area contributed by atoms with E-state index < -0.39 is 5.82 Å². The molecule has 1 amide bonds. The third-order valence-corrected chi connectivity index (χ3v) is 6.74. The number of aromatic hydroxyl groups is 1. The number of carbonyl (C=O) groups is 1. The van der Waals surface area contributed by atoms with Gasteiger partial charge in [0.25, 0.3) is 5.91 Å². The van der Waals surface area contributed by atoms with E-state index in [1.54, 1.807) is 19.2 Å². The molecule has 1 aliphatic rings. The molecule has 1 saturated heterocycles. The number of halogens is 2. The van der Waals surface area contributed by atoms with Crippen LogP contribution in [0.2, 0.25) is 0 Å². The zero-order valence-corrected chi connectivity index (χ0v) is 19.9. The Morgan fingerprint density at radius 2 is 1.97 bits per heavy atom. The molecule has 1 aliphatic heterocycles. The van der Waals surface area contributed by atoms with Crippen molar-refractivity contribution in [3.8, 4) is 16.9 Å². The highest BCUT2D eigenvalue weighted by Crippen LogP contribution is 2.36. The van der Waals surface area contributed by atoms with E-state index in [2.05, 4.69) is 37.4 Å². The van der Waals surface area contributed by atoms with Crippen LogP contribution in [0.4, 0.5) is 4.39 Å². The first-order valence-electron chi connectivity index (χ1n) is 9.94. The highest BCUT2D eigenvalue weighted by Gasteiger charge is 2.41. The average molecular weight is 464 g/mol. The second-order valence-corrected chi connectivity index (χ2v) is 10.1. The Hall–Kier alpha value is -2.22. The normalized spacial score (nSPS) is 17.4. The van der Waals surface area contributed by atoms with Crippen molar-refractivity contribution in [2.75, 3.05) is 13.1 Å². The van der Waals surface area contributed by atoms with Gasteiger partial charge in [-0.1, -0.05) is 6.07 Å². The first-order valence-corrected chi connectivity index (χ1v) is 10.7. The molecular formula is C23H27ClFN3O2S. The molecule has 31 heavy (non-hydrogen) atoms. The Morgan fingerprint density at radius 3 is 2.68 bits per heavy atom. The summed E-state index contributed by atoms with van der Waals surface area (Å²) in [6.45, 7) is 11.2. The van der Waals surface area contributed by atoms with E-state index in [9.17, 15) is 14.3 Å². The van der Waals surface area contributed by atoms with Gasteiger partial charge in [0.1, 0.15) is 0 Å². The van der Waals surface area contributed by atoms with Gasteiger partial charge >= 0.3 is 0 Å². The van der Waals surface area contributed by atoms with Crippen molar-refractivity contribution in [1.29, 1.82) is 0 Å². The third kappa shape index (κ3) is 4.14. The quantitative estimate of drug-likeness (QED) is 0.552. The maximum absolute atomic E-state index is 14.3. The van der Waals surface area contributed by atoms with Crippen molar-refractivity contribution in [3.05, 3.63) is 47.4 Å². The lowest BCUT2D eigenvalue weighted by molar-refractivity contribution is 0.0283. The van der Waals surface area contributed by atoms with Gasteiger partial charge in [0, 0.05) is 30.2 Å². The van der Waals surface area contributed by atoms with Crippen molar-refractivity contribution in [2.24, 2.45) is 0 Å². The van der Waals surface area contributed by atoms with E-state index in [1.807, 2.05) is 17.0 Å². The number of piperazine rings is 1. The average Bonchev–Trinajstić information content (AvgIpc) is 3.16. The number of amides is 1. The van der Waals surface area contributed by atoms with E-state index in [-0.39, 0.29) is 35.1 Å². The number of hydrogen-bond acceptors (Lipinski definition) is 5. The standard InChI is InChI=1S/C23H26FN3O2S.ClH/c1-13-16(6-7-18(28)19(13)24)14-8-15-10-26-30-20(15)17(9-14)21(29)27-12-22(2,3)25-11-23(27,4)5;/h6-10,25,28H,11-12H2,1-5H3;1H. The summed E-state index contributed by atoms with van der Waals surface area (Å²) in [7, 11) is 0. The van der Waals surface area contributed by atoms with Crippen molar-refractivity contribution < 1.29 is 14.3 Å². The topological polar surface area (TPSA) is 65.5 Å². The number of rotatable bonds is 2. The van der Waals surface area contributed by atoms with Crippen LogP contribution in [0.3, 0.4) is 0 Å². The number of phenolic OH excluding ortho intramolecular Hbond substituents is 1. The van der Waals surface area contributed by atoms with E-state index in [0.717, 1.165) is 15.6 Å². The maximum Gasteiger partial charge on any atom is 0.255 e. The van der Waals surface area contributed by atoms with Crippen LogP contribution in [-0.4, -0.2) is 44.5 Å². The fourth-order valence-electron chi connectivity index (χ4n) is 3.99. The Bertz CT molecular complexity index is 1160. The number of nitrogens with zero attached hydrogens (tertiary/aromatic N) is 2. The molecule has 2 N–H and O–H groups in total. The van der Waals surface area contributed by atoms with E-state index in [4.69, 9.17) is 0 Å². The predicted molar refractivity (Wildman–Crippen MR) is 126 cm³/mol. The largest absolute Gasteiger partial charge is 0.505 e. The van der Waals surface area contributed by atoms with Gasteiger partial charge in [-0.25, -0.2) is 4.39 Å². The van der Waals surface area contributed by atoms with Gasteiger partial charge in [0.2, 0.25) is 0 Å². The Balaban J connectivity index is 0.00000272. The molecule has 8 heteroatoms. The van der Waals surface area contributed by atoms with Gasteiger partial charge in [-0.15, -0.1) is 12.4 Å². The van der Waals surface area contributed by atoms with Crippen molar-refractivity contribution in [1.82, 2.24) is 14.6 Å². The van der Waals surface area contributed by atoms with Crippen molar-refractivity contribution in [3.63, 3.8) is 0 Å². The predicted octanol–water partition coefficient (Wildman–Crippen LogP) is 5.14. The van der Waals surface area contributed by atoms with Crippen LogP contribution in [0, 0.1) is 12.7 Å². The molecule has 0 radical (unpaired) electrons. The monoisotopic (exact) mass is 463 g/mol. The van der Waals surface area contributed by atoms with E-state index in [0.29, 0.717) is 29.8 Å². The molecule has 4 rings (SSSR count). The lowest BCUT2D eigenvalue weighted by Crippen LogP contribution is -2.67. The van der Waals surface area contributed by atoms with Crippen LogP contribution < -0.4 is 5.32 Å². The molecule has 0 spiro atoms. The molecule has 0 atom stereocenters. The molecule has 0 bridgehead atoms. The van der Waals surface area contributed by atoms with Gasteiger partial charge in [0.05, 0.1) is 15.8 Å². The number of carbonyl (C=O) groups excluding carboxylic acids is 1. The summed E-state index contributed by atoms with van der Waals surface area (Å²) < 4.78 is 19.4. The minimum atomic E-state index is -0.645. The fourth-order valence-corrected chi connectivity index (χ4v) is 4.72. The second kappa shape index (κ2) is 8.04. The molecule has 166 valence electrons. The number of fused-ring (bicyclic) bond motifs is 1. The summed E-state index contributed by atoms with van der Waals surface area (Å²) >= 11 is 1.29. The number of aromatic nitrogens is 1. The van der Waals surface area contributed by atoms with Crippen LogP contribution in [0.15, 0.2) is 30.5 Å². The summed E-state index contributed by atoms with van der Waals surface area (Å²) in [5, 5.41) is 14.0. The Labute approximate surface area is 191 Å². The first kappa shape index (κ1) is 23.4. The molecule has 3 aromatic rings. The molecule has 1 aromatic heterocycles. The van der Waals surface area contributed by atoms with Crippen LogP contribution in [-0.2, 0) is 0 Å². The molecular weight excluding hydrogens is 437 g/mol. The Kier molecular flexibility index (Phi) is 6.08. The summed E-state index contributed by atoms with van der Waals surface area (Å²) in [5.74, 6) is -1.08. The molecule has 5 nitrogen and oxygen atoms in total.